The van der Waals surface area contributed by atoms with Gasteiger partial charge in [0.2, 0.25) is 0 Å². The van der Waals surface area contributed by atoms with Crippen LogP contribution in [0.15, 0.2) is 18.2 Å². The SMILES string of the molecule is COc1ccc(Cl)cc1C1(OC)CCNC1. The van der Waals surface area contributed by atoms with Crippen molar-refractivity contribution in [2.45, 2.75) is 12.0 Å². The number of hydrogen-bond acceptors (Lipinski definition) is 3. The third-order valence-corrected chi connectivity index (χ3v) is 3.39. The maximum absolute atomic E-state index is 6.04. The highest BCUT2D eigenvalue weighted by molar-refractivity contribution is 6.30. The maximum Gasteiger partial charge on any atom is 0.125 e. The highest BCUT2D eigenvalue weighted by Crippen LogP contribution is 2.38. The standard InChI is InChI=1S/C12H16ClNO2/c1-15-11-4-3-9(13)7-10(11)12(16-2)5-6-14-8-12/h3-4,7,14H,5-6,8H2,1-2H3. The van der Waals surface area contributed by atoms with Gasteiger partial charge in [-0.2, -0.15) is 0 Å². The molecule has 1 unspecified atom stereocenters. The quantitative estimate of drug-likeness (QED) is 0.880. The third kappa shape index (κ3) is 1.90. The van der Waals surface area contributed by atoms with E-state index in [0.717, 1.165) is 30.8 Å². The van der Waals surface area contributed by atoms with Crippen LogP contribution < -0.4 is 10.1 Å². The van der Waals surface area contributed by atoms with Crippen LogP contribution in [0.5, 0.6) is 5.75 Å². The van der Waals surface area contributed by atoms with Crippen molar-refractivity contribution in [3.8, 4) is 5.75 Å². The van der Waals surface area contributed by atoms with E-state index in [1.807, 2.05) is 18.2 Å². The van der Waals surface area contributed by atoms with Crippen LogP contribution in [0.2, 0.25) is 5.02 Å². The monoisotopic (exact) mass is 241 g/mol. The molecule has 1 aliphatic heterocycles. The van der Waals surface area contributed by atoms with Gasteiger partial charge in [-0.25, -0.2) is 0 Å². The van der Waals surface area contributed by atoms with E-state index >= 15 is 0 Å². The third-order valence-electron chi connectivity index (χ3n) is 3.16. The zero-order chi connectivity index (χ0) is 11.6. The van der Waals surface area contributed by atoms with Gasteiger partial charge in [-0.1, -0.05) is 11.6 Å². The molecule has 1 heterocycles. The molecule has 1 aromatic rings. The smallest absolute Gasteiger partial charge is 0.125 e. The predicted molar refractivity (Wildman–Crippen MR) is 64.2 cm³/mol. The number of hydrogen-bond donors (Lipinski definition) is 1. The molecule has 2 rings (SSSR count). The zero-order valence-electron chi connectivity index (χ0n) is 9.55. The molecule has 0 aromatic heterocycles. The molecule has 0 saturated carbocycles. The number of rotatable bonds is 3. The summed E-state index contributed by atoms with van der Waals surface area (Å²) >= 11 is 6.04. The summed E-state index contributed by atoms with van der Waals surface area (Å²) in [4.78, 5) is 0. The molecular weight excluding hydrogens is 226 g/mol. The molecule has 1 saturated heterocycles. The topological polar surface area (TPSA) is 30.5 Å². The Kier molecular flexibility index (Phi) is 3.38. The van der Waals surface area contributed by atoms with Gasteiger partial charge in [0, 0.05) is 24.2 Å². The largest absolute Gasteiger partial charge is 0.496 e. The molecule has 1 aromatic carbocycles. The van der Waals surface area contributed by atoms with E-state index in [4.69, 9.17) is 21.1 Å². The van der Waals surface area contributed by atoms with Gasteiger partial charge in [-0.15, -0.1) is 0 Å². The summed E-state index contributed by atoms with van der Waals surface area (Å²) in [5, 5.41) is 4.02. The number of benzene rings is 1. The summed E-state index contributed by atoms with van der Waals surface area (Å²) in [5.74, 6) is 0.829. The van der Waals surface area contributed by atoms with Crippen molar-refractivity contribution >= 4 is 11.6 Å². The van der Waals surface area contributed by atoms with E-state index in [1.165, 1.54) is 0 Å². The van der Waals surface area contributed by atoms with E-state index < -0.39 is 0 Å². The minimum atomic E-state index is -0.309. The molecule has 1 N–H and O–H groups in total. The van der Waals surface area contributed by atoms with E-state index in [2.05, 4.69) is 5.32 Å². The second-order valence-electron chi connectivity index (χ2n) is 3.97. The number of nitrogens with one attached hydrogen (secondary N) is 1. The van der Waals surface area contributed by atoms with Crippen LogP contribution in [0.25, 0.3) is 0 Å². The fourth-order valence-electron chi connectivity index (χ4n) is 2.22. The summed E-state index contributed by atoms with van der Waals surface area (Å²) in [6.45, 7) is 1.74. The van der Waals surface area contributed by atoms with Crippen molar-refractivity contribution in [1.82, 2.24) is 5.32 Å². The van der Waals surface area contributed by atoms with Gasteiger partial charge < -0.3 is 14.8 Å². The van der Waals surface area contributed by atoms with Crippen LogP contribution in [0, 0.1) is 0 Å². The van der Waals surface area contributed by atoms with Crippen LogP contribution in [0.4, 0.5) is 0 Å². The van der Waals surface area contributed by atoms with Crippen molar-refractivity contribution in [3.05, 3.63) is 28.8 Å². The number of ether oxygens (including phenoxy) is 2. The summed E-state index contributed by atoms with van der Waals surface area (Å²) < 4.78 is 11.1. The first kappa shape index (κ1) is 11.7. The molecule has 3 nitrogen and oxygen atoms in total. The van der Waals surface area contributed by atoms with E-state index in [9.17, 15) is 0 Å². The van der Waals surface area contributed by atoms with Crippen LogP contribution in [0.1, 0.15) is 12.0 Å². The fraction of sp³-hybridized carbons (Fsp3) is 0.500. The van der Waals surface area contributed by atoms with Gasteiger partial charge in [0.25, 0.3) is 0 Å². The van der Waals surface area contributed by atoms with Crippen LogP contribution in [0.3, 0.4) is 0 Å². The summed E-state index contributed by atoms with van der Waals surface area (Å²) in [6, 6.07) is 5.64. The Hall–Kier alpha value is -0.770. The second-order valence-corrected chi connectivity index (χ2v) is 4.41. The second kappa shape index (κ2) is 4.62. The molecule has 0 spiro atoms. The summed E-state index contributed by atoms with van der Waals surface area (Å²) in [6.07, 6.45) is 0.931. The molecule has 1 aliphatic rings. The van der Waals surface area contributed by atoms with E-state index in [-0.39, 0.29) is 5.60 Å². The van der Waals surface area contributed by atoms with Crippen molar-refractivity contribution in [1.29, 1.82) is 0 Å². The lowest BCUT2D eigenvalue weighted by Gasteiger charge is -2.28. The Morgan fingerprint density at radius 2 is 2.19 bits per heavy atom. The highest BCUT2D eigenvalue weighted by Gasteiger charge is 2.38. The van der Waals surface area contributed by atoms with Gasteiger partial charge >= 0.3 is 0 Å². The molecule has 4 heteroatoms. The minimum Gasteiger partial charge on any atom is -0.496 e. The van der Waals surface area contributed by atoms with Crippen LogP contribution >= 0.6 is 11.6 Å². The Balaban J connectivity index is 2.47. The Labute approximate surface area is 101 Å². The average Bonchev–Trinajstić information content (AvgIpc) is 2.78. The highest BCUT2D eigenvalue weighted by atomic mass is 35.5. The number of halogens is 1. The van der Waals surface area contributed by atoms with Crippen molar-refractivity contribution in [3.63, 3.8) is 0 Å². The Bertz CT molecular complexity index is 375. The lowest BCUT2D eigenvalue weighted by Crippen LogP contribution is -2.31. The normalized spacial score (nSPS) is 24.7. The van der Waals surface area contributed by atoms with Gasteiger partial charge in [-0.3, -0.25) is 0 Å². The van der Waals surface area contributed by atoms with Crippen LogP contribution in [-0.2, 0) is 10.3 Å². The van der Waals surface area contributed by atoms with E-state index in [0.29, 0.717) is 5.02 Å². The molecular formula is C12H16ClNO2. The lowest BCUT2D eigenvalue weighted by molar-refractivity contribution is 0.00144. The van der Waals surface area contributed by atoms with Crippen LogP contribution in [-0.4, -0.2) is 27.3 Å². The number of methoxy groups -OCH3 is 2. The van der Waals surface area contributed by atoms with Crippen molar-refractivity contribution < 1.29 is 9.47 Å². The molecule has 1 fully saturated rings. The lowest BCUT2D eigenvalue weighted by atomic mass is 9.92. The first-order valence-electron chi connectivity index (χ1n) is 5.32. The van der Waals surface area contributed by atoms with Gasteiger partial charge in [0.05, 0.1) is 7.11 Å². The summed E-state index contributed by atoms with van der Waals surface area (Å²) in [5.41, 5.74) is 0.714. The van der Waals surface area contributed by atoms with Gasteiger partial charge in [0.1, 0.15) is 11.4 Å². The predicted octanol–water partition coefficient (Wildman–Crippen LogP) is 2.18. The average molecular weight is 242 g/mol. The first-order chi connectivity index (χ1) is 7.72. The Morgan fingerprint density at radius 3 is 2.75 bits per heavy atom. The van der Waals surface area contributed by atoms with Gasteiger partial charge in [-0.05, 0) is 31.2 Å². The molecule has 0 aliphatic carbocycles. The van der Waals surface area contributed by atoms with Crippen molar-refractivity contribution in [2.75, 3.05) is 27.3 Å². The summed E-state index contributed by atoms with van der Waals surface area (Å²) in [7, 11) is 3.39. The molecule has 0 bridgehead atoms. The minimum absolute atomic E-state index is 0.309. The molecule has 0 radical (unpaired) electrons. The van der Waals surface area contributed by atoms with Crippen molar-refractivity contribution in [2.24, 2.45) is 0 Å². The van der Waals surface area contributed by atoms with E-state index in [1.54, 1.807) is 14.2 Å². The molecule has 0 amide bonds. The Morgan fingerprint density at radius 1 is 1.38 bits per heavy atom. The zero-order valence-corrected chi connectivity index (χ0v) is 10.3. The first-order valence-corrected chi connectivity index (χ1v) is 5.69. The molecule has 88 valence electrons. The maximum atomic E-state index is 6.04. The fourth-order valence-corrected chi connectivity index (χ4v) is 2.39. The molecule has 16 heavy (non-hydrogen) atoms. The molecule has 1 atom stereocenters. The van der Waals surface area contributed by atoms with Gasteiger partial charge in [0.15, 0.2) is 0 Å².